The van der Waals surface area contributed by atoms with Crippen molar-refractivity contribution < 1.29 is 14.3 Å². The van der Waals surface area contributed by atoms with Gasteiger partial charge in [0.2, 0.25) is 0 Å². The molecular formula is C41H53N3O3. The first-order chi connectivity index (χ1) is 22.3. The summed E-state index contributed by atoms with van der Waals surface area (Å²) in [6.45, 7) is 19.6. The number of unbranched alkanes of at least 4 members (excludes halogenated alkanes) is 1. The number of anilines is 1. The molecule has 1 aliphatic rings. The summed E-state index contributed by atoms with van der Waals surface area (Å²) in [6.07, 6.45) is 5.22. The molecule has 0 heterocycles. The monoisotopic (exact) mass is 635 g/mol. The number of carbonyl (C=O) groups excluding carboxylic acids is 2. The molecule has 3 aromatic rings. The van der Waals surface area contributed by atoms with E-state index in [2.05, 4.69) is 90.0 Å². The van der Waals surface area contributed by atoms with Crippen LogP contribution in [0, 0.1) is 6.92 Å². The maximum absolute atomic E-state index is 13.4. The van der Waals surface area contributed by atoms with Crippen molar-refractivity contribution in [3.05, 3.63) is 100 Å². The highest BCUT2D eigenvalue weighted by molar-refractivity contribution is 6.35. The average Bonchev–Trinajstić information content (AvgIpc) is 3.07. The normalized spacial score (nSPS) is 14.1. The lowest BCUT2D eigenvalue weighted by molar-refractivity contribution is -0.117. The van der Waals surface area contributed by atoms with Crippen molar-refractivity contribution in [3.63, 3.8) is 0 Å². The standard InChI is InChI=1S/C41H53N3O3/c1-10-40(5,6)29-19-22-37(34(26-29)41(7,8)11-2)47-24-16-15-23-42-39(46)33-27-36(31-17-13-14-18-32(31)38(33)45)43-35-21-20-30(25-28(35)4)44(9)12-3/h13-14,17-22,25-27H,10-12,15-16,23-24H2,1-9H3,(H,42,46). The lowest BCUT2D eigenvalue weighted by Gasteiger charge is -2.30. The first-order valence-electron chi connectivity index (χ1n) is 17.1. The van der Waals surface area contributed by atoms with E-state index in [0.717, 1.165) is 60.5 Å². The Balaban J connectivity index is 1.42. The van der Waals surface area contributed by atoms with Crippen LogP contribution in [-0.2, 0) is 15.6 Å². The highest BCUT2D eigenvalue weighted by atomic mass is 16.5. The van der Waals surface area contributed by atoms with Gasteiger partial charge in [-0.25, -0.2) is 4.99 Å². The fraction of sp³-hybridized carbons (Fsp3) is 0.439. The van der Waals surface area contributed by atoms with Gasteiger partial charge in [-0.05, 0) is 91.8 Å². The first-order valence-corrected chi connectivity index (χ1v) is 17.1. The van der Waals surface area contributed by atoms with Crippen LogP contribution < -0.4 is 15.0 Å². The summed E-state index contributed by atoms with van der Waals surface area (Å²) >= 11 is 0. The van der Waals surface area contributed by atoms with Crippen molar-refractivity contribution in [1.82, 2.24) is 5.32 Å². The molecule has 6 heteroatoms. The molecule has 3 aromatic carbocycles. The van der Waals surface area contributed by atoms with E-state index in [4.69, 9.17) is 9.73 Å². The van der Waals surface area contributed by atoms with Crippen LogP contribution in [0.2, 0.25) is 0 Å². The molecule has 4 rings (SSSR count). The fourth-order valence-corrected chi connectivity index (χ4v) is 5.61. The zero-order valence-electron chi connectivity index (χ0n) is 29.9. The van der Waals surface area contributed by atoms with Crippen molar-refractivity contribution >= 4 is 28.8 Å². The van der Waals surface area contributed by atoms with E-state index in [0.29, 0.717) is 24.4 Å². The van der Waals surface area contributed by atoms with Crippen molar-refractivity contribution in [2.75, 3.05) is 31.6 Å². The molecule has 0 saturated heterocycles. The third-order valence-corrected chi connectivity index (χ3v) is 9.93. The third kappa shape index (κ3) is 8.22. The number of benzene rings is 3. The van der Waals surface area contributed by atoms with Crippen molar-refractivity contribution in [2.45, 2.75) is 91.9 Å². The van der Waals surface area contributed by atoms with Crippen molar-refractivity contribution in [1.29, 1.82) is 0 Å². The van der Waals surface area contributed by atoms with Gasteiger partial charge < -0.3 is 15.0 Å². The van der Waals surface area contributed by atoms with E-state index in [1.54, 1.807) is 12.1 Å². The predicted octanol–water partition coefficient (Wildman–Crippen LogP) is 9.05. The highest BCUT2D eigenvalue weighted by Gasteiger charge is 2.29. The SMILES string of the molecule is CCN(C)c1ccc(N=C2C=C(C(=O)NCCCCOc3ccc(C(C)(C)CC)cc3C(C)(C)CC)C(=O)c3ccccc32)c(C)c1. The topological polar surface area (TPSA) is 71.0 Å². The number of amides is 1. The molecule has 0 radical (unpaired) electrons. The number of fused-ring (bicyclic) bond motifs is 1. The zero-order valence-corrected chi connectivity index (χ0v) is 29.9. The summed E-state index contributed by atoms with van der Waals surface area (Å²) in [5, 5.41) is 2.97. The first kappa shape index (κ1) is 35.7. The molecule has 0 aromatic heterocycles. The Morgan fingerprint density at radius 1 is 0.894 bits per heavy atom. The van der Waals surface area contributed by atoms with Crippen LogP contribution in [0.5, 0.6) is 5.75 Å². The molecule has 1 N–H and O–H groups in total. The minimum Gasteiger partial charge on any atom is -0.493 e. The molecule has 0 atom stereocenters. The van der Waals surface area contributed by atoms with Gasteiger partial charge in [-0.2, -0.15) is 0 Å². The Morgan fingerprint density at radius 3 is 2.26 bits per heavy atom. The molecule has 6 nitrogen and oxygen atoms in total. The Kier molecular flexibility index (Phi) is 11.5. The molecule has 1 aliphatic carbocycles. The van der Waals surface area contributed by atoms with Crippen LogP contribution in [0.25, 0.3) is 0 Å². The number of hydrogen-bond donors (Lipinski definition) is 1. The number of ether oxygens (including phenoxy) is 1. The number of Topliss-reactive ketones (excluding diaryl/α,β-unsaturated/α-hetero) is 1. The largest absolute Gasteiger partial charge is 0.493 e. The Bertz CT molecular complexity index is 1660. The number of nitrogens with one attached hydrogen (secondary N) is 1. The van der Waals surface area contributed by atoms with Crippen LogP contribution in [0.15, 0.2) is 77.3 Å². The number of aliphatic imine (C=N–C) groups is 1. The Hall–Kier alpha value is -4.19. The zero-order chi connectivity index (χ0) is 34.4. The molecule has 0 fully saturated rings. The second-order valence-electron chi connectivity index (χ2n) is 13.9. The maximum Gasteiger partial charge on any atom is 0.255 e. The summed E-state index contributed by atoms with van der Waals surface area (Å²) in [5.74, 6) is 0.274. The van der Waals surface area contributed by atoms with Crippen molar-refractivity contribution in [2.24, 2.45) is 4.99 Å². The van der Waals surface area contributed by atoms with Crippen LogP contribution in [0.3, 0.4) is 0 Å². The van der Waals surface area contributed by atoms with Crippen LogP contribution in [-0.4, -0.2) is 44.1 Å². The minimum absolute atomic E-state index is 0.00190. The van der Waals surface area contributed by atoms with E-state index in [1.165, 1.54) is 11.1 Å². The molecule has 1 amide bonds. The van der Waals surface area contributed by atoms with Gasteiger partial charge >= 0.3 is 0 Å². The second-order valence-corrected chi connectivity index (χ2v) is 13.9. The van der Waals surface area contributed by atoms with Gasteiger partial charge in [-0.1, -0.05) is 77.9 Å². The predicted molar refractivity (Wildman–Crippen MR) is 196 cm³/mol. The van der Waals surface area contributed by atoms with Gasteiger partial charge in [0, 0.05) is 42.5 Å². The summed E-state index contributed by atoms with van der Waals surface area (Å²) in [6, 6.07) is 20.2. The fourth-order valence-electron chi connectivity index (χ4n) is 5.61. The van der Waals surface area contributed by atoms with E-state index < -0.39 is 0 Å². The van der Waals surface area contributed by atoms with Gasteiger partial charge in [-0.3, -0.25) is 9.59 Å². The third-order valence-electron chi connectivity index (χ3n) is 9.93. The smallest absolute Gasteiger partial charge is 0.255 e. The average molecular weight is 636 g/mol. The summed E-state index contributed by atoms with van der Waals surface area (Å²) < 4.78 is 6.32. The molecule has 0 saturated carbocycles. The molecule has 250 valence electrons. The van der Waals surface area contributed by atoms with Crippen molar-refractivity contribution in [3.8, 4) is 5.75 Å². The molecule has 0 bridgehead atoms. The van der Waals surface area contributed by atoms with Gasteiger partial charge in [0.25, 0.3) is 5.91 Å². The Labute approximate surface area is 282 Å². The van der Waals surface area contributed by atoms with E-state index in [-0.39, 0.29) is 28.1 Å². The van der Waals surface area contributed by atoms with Crippen LogP contribution in [0.4, 0.5) is 11.4 Å². The number of rotatable bonds is 14. The maximum atomic E-state index is 13.4. The van der Waals surface area contributed by atoms with Gasteiger partial charge in [0.15, 0.2) is 5.78 Å². The molecule has 0 spiro atoms. The van der Waals surface area contributed by atoms with Crippen LogP contribution >= 0.6 is 0 Å². The molecular weight excluding hydrogens is 582 g/mol. The lowest BCUT2D eigenvalue weighted by Crippen LogP contribution is -2.32. The number of nitrogens with zero attached hydrogens (tertiary/aromatic N) is 2. The number of allylic oxidation sites excluding steroid dienone is 1. The molecule has 47 heavy (non-hydrogen) atoms. The second kappa shape index (κ2) is 15.1. The lowest BCUT2D eigenvalue weighted by atomic mass is 9.76. The summed E-state index contributed by atoms with van der Waals surface area (Å²) in [4.78, 5) is 33.8. The molecule has 0 unspecified atom stereocenters. The summed E-state index contributed by atoms with van der Waals surface area (Å²) in [7, 11) is 2.06. The van der Waals surface area contributed by atoms with Crippen LogP contribution in [0.1, 0.15) is 107 Å². The summed E-state index contributed by atoms with van der Waals surface area (Å²) in [5.41, 5.74) is 7.58. The molecule has 0 aliphatic heterocycles. The quantitative estimate of drug-likeness (QED) is 0.142. The van der Waals surface area contributed by atoms with Gasteiger partial charge in [0.1, 0.15) is 5.75 Å². The minimum atomic E-state index is -0.379. The van der Waals surface area contributed by atoms with Gasteiger partial charge in [-0.15, -0.1) is 0 Å². The highest BCUT2D eigenvalue weighted by Crippen LogP contribution is 2.38. The number of ketones is 1. The number of hydrogen-bond acceptors (Lipinski definition) is 5. The number of carbonyl (C=O) groups is 2. The number of aryl methyl sites for hydroxylation is 1. The van der Waals surface area contributed by atoms with Gasteiger partial charge in [0.05, 0.1) is 23.6 Å². The van der Waals surface area contributed by atoms with E-state index in [9.17, 15) is 9.59 Å². The Morgan fingerprint density at radius 2 is 1.60 bits per heavy atom. The van der Waals surface area contributed by atoms with E-state index >= 15 is 0 Å². The van der Waals surface area contributed by atoms with E-state index in [1.807, 2.05) is 37.3 Å².